The number of rotatable bonds is 6. The number of para-hydroxylation sites is 1. The highest BCUT2D eigenvalue weighted by Crippen LogP contribution is 2.23. The molecule has 3 nitrogen and oxygen atoms in total. The molecule has 1 saturated carbocycles. The molecule has 24 heavy (non-hydrogen) atoms. The molecule has 0 bridgehead atoms. The topological polar surface area (TPSA) is 38.3 Å². The molecule has 1 aliphatic rings. The monoisotopic (exact) mass is 341 g/mol. The van der Waals surface area contributed by atoms with E-state index in [4.69, 9.17) is 4.74 Å². The van der Waals surface area contributed by atoms with Gasteiger partial charge in [0.15, 0.2) is 0 Å². The minimum absolute atomic E-state index is 0.0486. The van der Waals surface area contributed by atoms with E-state index >= 15 is 0 Å². The first-order valence-corrected chi connectivity index (χ1v) is 9.37. The molecular weight excluding hydrogens is 318 g/mol. The lowest BCUT2D eigenvalue weighted by molar-refractivity contribution is 0.0942. The summed E-state index contributed by atoms with van der Waals surface area (Å²) in [7, 11) is 0. The highest BCUT2D eigenvalue weighted by Gasteiger charge is 2.19. The fourth-order valence-electron chi connectivity index (χ4n) is 2.99. The summed E-state index contributed by atoms with van der Waals surface area (Å²) in [5.41, 5.74) is 2.10. The molecule has 1 amide bonds. The van der Waals surface area contributed by atoms with Crippen LogP contribution < -0.4 is 10.1 Å². The van der Waals surface area contributed by atoms with Crippen LogP contribution in [0.3, 0.4) is 0 Å². The minimum atomic E-state index is 0.0486. The predicted molar refractivity (Wildman–Crippen MR) is 99.5 cm³/mol. The van der Waals surface area contributed by atoms with Crippen LogP contribution in [0.15, 0.2) is 41.8 Å². The maximum absolute atomic E-state index is 12.3. The van der Waals surface area contributed by atoms with Gasteiger partial charge < -0.3 is 10.1 Å². The van der Waals surface area contributed by atoms with Gasteiger partial charge in [-0.1, -0.05) is 43.2 Å². The van der Waals surface area contributed by atoms with Crippen LogP contribution >= 0.6 is 11.3 Å². The number of carbonyl (C=O) groups is 1. The molecule has 1 aromatic carbocycles. The Kier molecular flexibility index (Phi) is 5.70. The first-order valence-electron chi connectivity index (χ1n) is 8.49. The Morgan fingerprint density at radius 2 is 2.12 bits per heavy atom. The van der Waals surface area contributed by atoms with Crippen molar-refractivity contribution < 1.29 is 9.53 Å². The summed E-state index contributed by atoms with van der Waals surface area (Å²) in [5, 5.41) is 5.13. The zero-order valence-electron chi connectivity index (χ0n) is 14.0. The molecule has 0 radical (unpaired) electrons. The van der Waals surface area contributed by atoms with Crippen LogP contribution in [0, 0.1) is 0 Å². The van der Waals surface area contributed by atoms with Gasteiger partial charge in [-0.15, -0.1) is 11.3 Å². The number of hydrogen-bond donors (Lipinski definition) is 1. The van der Waals surface area contributed by atoms with Gasteiger partial charge in [0.1, 0.15) is 12.4 Å². The van der Waals surface area contributed by atoms with Crippen molar-refractivity contribution in [2.24, 2.45) is 0 Å². The normalized spacial score (nSPS) is 15.0. The molecule has 2 aromatic rings. The highest BCUT2D eigenvalue weighted by atomic mass is 32.1. The summed E-state index contributed by atoms with van der Waals surface area (Å²) in [6.45, 7) is 2.46. The summed E-state index contributed by atoms with van der Waals surface area (Å²) in [6, 6.07) is 10.3. The largest absolute Gasteiger partial charge is 0.488 e. The Bertz CT molecular complexity index is 714. The van der Waals surface area contributed by atoms with Gasteiger partial charge in [-0.25, -0.2) is 0 Å². The van der Waals surface area contributed by atoms with Crippen molar-refractivity contribution in [3.05, 3.63) is 57.8 Å². The second-order valence-electron chi connectivity index (χ2n) is 6.10. The molecule has 1 fully saturated rings. The number of thiophene rings is 1. The van der Waals surface area contributed by atoms with Crippen LogP contribution in [0.1, 0.15) is 53.4 Å². The third kappa shape index (κ3) is 4.26. The number of amides is 1. The molecule has 126 valence electrons. The van der Waals surface area contributed by atoms with Gasteiger partial charge >= 0.3 is 0 Å². The lowest BCUT2D eigenvalue weighted by Crippen LogP contribution is -2.31. The molecule has 0 unspecified atom stereocenters. The van der Waals surface area contributed by atoms with Crippen molar-refractivity contribution in [2.45, 2.75) is 45.3 Å². The maximum Gasteiger partial charge on any atom is 0.261 e. The molecular formula is C20H23NO2S. The molecule has 0 saturated heterocycles. The number of ether oxygens (including phenoxy) is 1. The Labute approximate surface area is 147 Å². The molecule has 0 aliphatic heterocycles. The third-order valence-electron chi connectivity index (χ3n) is 4.23. The second kappa shape index (κ2) is 8.15. The van der Waals surface area contributed by atoms with E-state index in [9.17, 15) is 4.79 Å². The standard InChI is InChI=1S/C20H23NO2S/c1-2-7-16-8-3-6-11-18(16)23-13-15-12-19(24-14-15)20(22)21-17-9-4-5-10-17/h2-3,6-8,11-12,14,17H,4-5,9-10,13H2,1H3,(H,21,22)/b7-2+. The van der Waals surface area contributed by atoms with Crippen molar-refractivity contribution in [3.8, 4) is 5.75 Å². The van der Waals surface area contributed by atoms with Crippen molar-refractivity contribution >= 4 is 23.3 Å². The summed E-state index contributed by atoms with van der Waals surface area (Å²) in [4.78, 5) is 13.0. The predicted octanol–water partition coefficient (Wildman–Crippen LogP) is 5.03. The van der Waals surface area contributed by atoms with E-state index in [0.29, 0.717) is 12.6 Å². The van der Waals surface area contributed by atoms with E-state index in [-0.39, 0.29) is 5.91 Å². The maximum atomic E-state index is 12.3. The van der Waals surface area contributed by atoms with E-state index in [1.54, 1.807) is 0 Å². The average molecular weight is 341 g/mol. The number of nitrogens with one attached hydrogen (secondary N) is 1. The lowest BCUT2D eigenvalue weighted by Gasteiger charge is -2.10. The molecule has 1 N–H and O–H groups in total. The van der Waals surface area contributed by atoms with Gasteiger partial charge in [0.25, 0.3) is 5.91 Å². The van der Waals surface area contributed by atoms with Crippen LogP contribution in [0.2, 0.25) is 0 Å². The summed E-state index contributed by atoms with van der Waals surface area (Å²) in [6.07, 6.45) is 8.69. The first-order chi connectivity index (χ1) is 11.8. The van der Waals surface area contributed by atoms with Crippen LogP contribution in [-0.4, -0.2) is 11.9 Å². The van der Waals surface area contributed by atoms with E-state index in [2.05, 4.69) is 5.32 Å². The van der Waals surface area contributed by atoms with Gasteiger partial charge in [-0.3, -0.25) is 4.79 Å². The molecule has 0 atom stereocenters. The van der Waals surface area contributed by atoms with Crippen LogP contribution in [0.25, 0.3) is 6.08 Å². The van der Waals surface area contributed by atoms with Gasteiger partial charge in [0.05, 0.1) is 4.88 Å². The number of benzene rings is 1. The van der Waals surface area contributed by atoms with Crippen LogP contribution in [0.5, 0.6) is 5.75 Å². The summed E-state index contributed by atoms with van der Waals surface area (Å²) >= 11 is 1.48. The van der Waals surface area contributed by atoms with Gasteiger partial charge in [0.2, 0.25) is 0 Å². The zero-order valence-corrected chi connectivity index (χ0v) is 14.8. The molecule has 0 spiro atoms. The summed E-state index contributed by atoms with van der Waals surface area (Å²) in [5.74, 6) is 0.909. The van der Waals surface area contributed by atoms with Gasteiger partial charge in [-0.2, -0.15) is 0 Å². The Balaban J connectivity index is 1.59. The molecule has 1 aromatic heterocycles. The number of carbonyl (C=O) groups excluding carboxylic acids is 1. The van der Waals surface area contributed by atoms with Crippen LogP contribution in [0.4, 0.5) is 0 Å². The van der Waals surface area contributed by atoms with Crippen LogP contribution in [-0.2, 0) is 6.61 Å². The first kappa shape index (κ1) is 16.8. The quantitative estimate of drug-likeness (QED) is 0.800. The van der Waals surface area contributed by atoms with Crippen molar-refractivity contribution in [3.63, 3.8) is 0 Å². The zero-order chi connectivity index (χ0) is 16.8. The van der Waals surface area contributed by atoms with Crippen molar-refractivity contribution in [1.29, 1.82) is 0 Å². The summed E-state index contributed by atoms with van der Waals surface area (Å²) < 4.78 is 5.93. The number of hydrogen-bond acceptors (Lipinski definition) is 3. The Hall–Kier alpha value is -2.07. The molecule has 4 heteroatoms. The Morgan fingerprint density at radius 1 is 1.33 bits per heavy atom. The van der Waals surface area contributed by atoms with Crippen molar-refractivity contribution in [1.82, 2.24) is 5.32 Å². The van der Waals surface area contributed by atoms with E-state index in [1.165, 1.54) is 24.2 Å². The van der Waals surface area contributed by atoms with E-state index in [0.717, 1.165) is 34.6 Å². The Morgan fingerprint density at radius 3 is 2.92 bits per heavy atom. The molecule has 1 heterocycles. The van der Waals surface area contributed by atoms with E-state index < -0.39 is 0 Å². The van der Waals surface area contributed by atoms with Crippen molar-refractivity contribution in [2.75, 3.05) is 0 Å². The minimum Gasteiger partial charge on any atom is -0.488 e. The highest BCUT2D eigenvalue weighted by molar-refractivity contribution is 7.12. The van der Waals surface area contributed by atoms with E-state index in [1.807, 2.05) is 54.8 Å². The average Bonchev–Trinajstić information content (AvgIpc) is 3.26. The lowest BCUT2D eigenvalue weighted by atomic mass is 10.2. The fraction of sp³-hybridized carbons (Fsp3) is 0.350. The smallest absolute Gasteiger partial charge is 0.261 e. The van der Waals surface area contributed by atoms with Gasteiger partial charge in [0, 0.05) is 17.2 Å². The SMILES string of the molecule is C/C=C/c1ccccc1OCc1csc(C(=O)NC2CCCC2)c1. The fourth-order valence-corrected chi connectivity index (χ4v) is 3.79. The second-order valence-corrected chi connectivity index (χ2v) is 7.01. The molecule has 3 rings (SSSR count). The molecule has 1 aliphatic carbocycles. The third-order valence-corrected chi connectivity index (χ3v) is 5.21. The van der Waals surface area contributed by atoms with Gasteiger partial charge in [-0.05, 0) is 37.3 Å². The number of allylic oxidation sites excluding steroid dienone is 1.